The molecule has 0 bridgehead atoms. The smallest absolute Gasteiger partial charge is 0.267 e. The highest BCUT2D eigenvalue weighted by molar-refractivity contribution is 6.30. The number of nitrogens with one attached hydrogen (secondary N) is 1. The number of carbonyl (C=O) groups excluding carboxylic acids is 1. The van der Waals surface area contributed by atoms with E-state index in [9.17, 15) is 9.59 Å². The second-order valence-corrected chi connectivity index (χ2v) is 6.82. The molecule has 1 N–H and O–H groups in total. The van der Waals surface area contributed by atoms with Gasteiger partial charge in [-0.25, -0.2) is 10.1 Å². The Morgan fingerprint density at radius 3 is 2.71 bits per heavy atom. The number of benzene rings is 2. The normalized spacial score (nSPS) is 11.2. The van der Waals surface area contributed by atoms with Crippen molar-refractivity contribution in [2.24, 2.45) is 5.10 Å². The van der Waals surface area contributed by atoms with Gasteiger partial charge in [-0.3, -0.25) is 9.59 Å². The molecule has 144 valence electrons. The Hall–Kier alpha value is -2.99. The van der Waals surface area contributed by atoms with Gasteiger partial charge in [-0.05, 0) is 30.2 Å². The van der Waals surface area contributed by atoms with Crippen LogP contribution in [0.2, 0.25) is 5.02 Å². The highest BCUT2D eigenvalue weighted by Gasteiger charge is 2.16. The highest BCUT2D eigenvalue weighted by atomic mass is 35.5. The Bertz CT molecular complexity index is 1080. The number of unbranched alkanes of at least 4 members (excludes halogenated alkanes) is 2. The van der Waals surface area contributed by atoms with Gasteiger partial charge < -0.3 is 0 Å². The predicted octanol–water partition coefficient (Wildman–Crippen LogP) is 4.00. The molecular weight excluding hydrogens is 376 g/mol. The number of fused-ring (bicyclic) bond motifs is 1. The summed E-state index contributed by atoms with van der Waals surface area (Å²) in [5, 5.41) is 9.86. The summed E-state index contributed by atoms with van der Waals surface area (Å²) < 4.78 is 1.37. The van der Waals surface area contributed by atoms with E-state index in [4.69, 9.17) is 11.6 Å². The second kappa shape index (κ2) is 9.28. The standard InChI is InChI=1S/C21H21ClN4O2/c1-2-3-6-12-26-21(28)18-11-5-4-10-17(18)19(25-26)20(27)24-23-14-15-8-7-9-16(22)13-15/h4-5,7-11,13-14H,2-3,6,12H2,1H3,(H,24,27)/b23-14-. The minimum Gasteiger partial charge on any atom is -0.267 e. The molecule has 0 aliphatic carbocycles. The number of nitrogens with zero attached hydrogens (tertiary/aromatic N) is 3. The molecule has 3 rings (SSSR count). The fraction of sp³-hybridized carbons (Fsp3) is 0.238. The maximum atomic E-state index is 12.7. The van der Waals surface area contributed by atoms with Gasteiger partial charge in [0.15, 0.2) is 5.69 Å². The van der Waals surface area contributed by atoms with E-state index in [-0.39, 0.29) is 11.3 Å². The molecule has 28 heavy (non-hydrogen) atoms. The van der Waals surface area contributed by atoms with Crippen molar-refractivity contribution in [3.05, 3.63) is 75.2 Å². The number of hydrogen-bond acceptors (Lipinski definition) is 4. The molecule has 0 aliphatic heterocycles. The second-order valence-electron chi connectivity index (χ2n) is 6.38. The third-order valence-electron chi connectivity index (χ3n) is 4.28. The fourth-order valence-electron chi connectivity index (χ4n) is 2.87. The maximum Gasteiger partial charge on any atom is 0.292 e. The van der Waals surface area contributed by atoms with Crippen LogP contribution in [0.25, 0.3) is 10.8 Å². The van der Waals surface area contributed by atoms with Crippen molar-refractivity contribution in [3.8, 4) is 0 Å². The van der Waals surface area contributed by atoms with Gasteiger partial charge in [-0.15, -0.1) is 0 Å². The first-order chi connectivity index (χ1) is 13.6. The van der Waals surface area contributed by atoms with Crippen LogP contribution in [0.4, 0.5) is 0 Å². The van der Waals surface area contributed by atoms with Gasteiger partial charge in [0.05, 0.1) is 11.6 Å². The van der Waals surface area contributed by atoms with E-state index in [1.165, 1.54) is 10.9 Å². The van der Waals surface area contributed by atoms with Gasteiger partial charge in [0.25, 0.3) is 11.5 Å². The molecule has 6 nitrogen and oxygen atoms in total. The van der Waals surface area contributed by atoms with Gasteiger partial charge in [-0.1, -0.05) is 61.7 Å². The van der Waals surface area contributed by atoms with Crippen molar-refractivity contribution in [2.75, 3.05) is 0 Å². The third kappa shape index (κ3) is 4.64. The Morgan fingerprint density at radius 2 is 1.96 bits per heavy atom. The lowest BCUT2D eigenvalue weighted by atomic mass is 10.1. The average Bonchev–Trinajstić information content (AvgIpc) is 2.70. The van der Waals surface area contributed by atoms with Crippen molar-refractivity contribution in [2.45, 2.75) is 32.7 Å². The number of aryl methyl sites for hydroxylation is 1. The van der Waals surface area contributed by atoms with Crippen LogP contribution in [0, 0.1) is 0 Å². The molecule has 3 aromatic rings. The number of rotatable bonds is 7. The molecule has 0 unspecified atom stereocenters. The summed E-state index contributed by atoms with van der Waals surface area (Å²) in [6.45, 7) is 2.57. The van der Waals surface area contributed by atoms with Crippen molar-refractivity contribution in [3.63, 3.8) is 0 Å². The molecule has 2 aromatic carbocycles. The molecule has 0 radical (unpaired) electrons. The third-order valence-corrected chi connectivity index (χ3v) is 4.52. The van der Waals surface area contributed by atoms with E-state index in [0.29, 0.717) is 22.3 Å². The lowest BCUT2D eigenvalue weighted by Crippen LogP contribution is -2.29. The topological polar surface area (TPSA) is 76.3 Å². The van der Waals surface area contributed by atoms with E-state index in [2.05, 4.69) is 22.5 Å². The average molecular weight is 397 g/mol. The van der Waals surface area contributed by atoms with Crippen LogP contribution in [-0.4, -0.2) is 21.9 Å². The minimum atomic E-state index is -0.473. The molecule has 0 aliphatic rings. The summed E-state index contributed by atoms with van der Waals surface area (Å²) in [5.74, 6) is -0.473. The molecule has 0 atom stereocenters. The Balaban J connectivity index is 1.88. The first kappa shape index (κ1) is 19.8. The number of aromatic nitrogens is 2. The van der Waals surface area contributed by atoms with Gasteiger partial charge in [0.2, 0.25) is 0 Å². The lowest BCUT2D eigenvalue weighted by Gasteiger charge is -2.10. The summed E-state index contributed by atoms with van der Waals surface area (Å²) in [6.07, 6.45) is 4.36. The molecular formula is C21H21ClN4O2. The van der Waals surface area contributed by atoms with E-state index in [1.807, 2.05) is 6.07 Å². The molecule has 7 heteroatoms. The maximum absolute atomic E-state index is 12.7. The largest absolute Gasteiger partial charge is 0.292 e. The minimum absolute atomic E-state index is 0.176. The van der Waals surface area contributed by atoms with Crippen LogP contribution >= 0.6 is 11.6 Å². The Labute approximate surface area is 167 Å². The molecule has 0 saturated heterocycles. The molecule has 0 fully saturated rings. The number of hydrazone groups is 1. The van der Waals surface area contributed by atoms with Crippen molar-refractivity contribution < 1.29 is 4.79 Å². The van der Waals surface area contributed by atoms with Gasteiger partial charge in [0, 0.05) is 17.0 Å². The summed E-state index contributed by atoms with van der Waals surface area (Å²) in [5.41, 5.74) is 3.23. The number of carbonyl (C=O) groups is 1. The monoisotopic (exact) mass is 396 g/mol. The summed E-state index contributed by atoms with van der Waals surface area (Å²) in [6, 6.07) is 14.1. The molecule has 1 aromatic heterocycles. The first-order valence-corrected chi connectivity index (χ1v) is 9.56. The van der Waals surface area contributed by atoms with Crippen LogP contribution in [0.3, 0.4) is 0 Å². The number of halogens is 1. The van der Waals surface area contributed by atoms with Crippen LogP contribution < -0.4 is 11.0 Å². The van der Waals surface area contributed by atoms with Crippen LogP contribution in [0.15, 0.2) is 58.4 Å². The van der Waals surface area contributed by atoms with E-state index >= 15 is 0 Å². The molecule has 1 heterocycles. The lowest BCUT2D eigenvalue weighted by molar-refractivity contribution is 0.0949. The van der Waals surface area contributed by atoms with Gasteiger partial charge >= 0.3 is 0 Å². The first-order valence-electron chi connectivity index (χ1n) is 9.19. The molecule has 0 spiro atoms. The van der Waals surface area contributed by atoms with Crippen molar-refractivity contribution in [1.82, 2.24) is 15.2 Å². The van der Waals surface area contributed by atoms with Gasteiger partial charge in [0.1, 0.15) is 0 Å². The zero-order valence-electron chi connectivity index (χ0n) is 15.6. The Kier molecular flexibility index (Phi) is 6.55. The highest BCUT2D eigenvalue weighted by Crippen LogP contribution is 2.14. The fourth-order valence-corrected chi connectivity index (χ4v) is 3.07. The van der Waals surface area contributed by atoms with Crippen LogP contribution in [0.1, 0.15) is 42.2 Å². The predicted molar refractivity (Wildman–Crippen MR) is 112 cm³/mol. The van der Waals surface area contributed by atoms with Crippen LogP contribution in [0.5, 0.6) is 0 Å². The summed E-state index contributed by atoms with van der Waals surface area (Å²) in [4.78, 5) is 25.3. The van der Waals surface area contributed by atoms with E-state index in [1.54, 1.807) is 42.5 Å². The van der Waals surface area contributed by atoms with Gasteiger partial charge in [-0.2, -0.15) is 10.2 Å². The van der Waals surface area contributed by atoms with E-state index < -0.39 is 5.91 Å². The number of amides is 1. The zero-order valence-corrected chi connectivity index (χ0v) is 16.3. The molecule has 1 amide bonds. The SMILES string of the molecule is CCCCCn1nc(C(=O)N/N=C\c2cccc(Cl)c2)c2ccccc2c1=O. The van der Waals surface area contributed by atoms with Crippen molar-refractivity contribution >= 4 is 34.5 Å². The van der Waals surface area contributed by atoms with E-state index in [0.717, 1.165) is 24.8 Å². The zero-order chi connectivity index (χ0) is 19.9. The molecule has 0 saturated carbocycles. The van der Waals surface area contributed by atoms with Crippen molar-refractivity contribution in [1.29, 1.82) is 0 Å². The van der Waals surface area contributed by atoms with Crippen LogP contribution in [-0.2, 0) is 6.54 Å². The quantitative estimate of drug-likeness (QED) is 0.372. The summed E-state index contributed by atoms with van der Waals surface area (Å²) >= 11 is 5.94. The number of hydrogen-bond donors (Lipinski definition) is 1. The summed E-state index contributed by atoms with van der Waals surface area (Å²) in [7, 11) is 0. The Morgan fingerprint density at radius 1 is 1.18 bits per heavy atom.